The van der Waals surface area contributed by atoms with Gasteiger partial charge in [0.2, 0.25) is 5.60 Å². The van der Waals surface area contributed by atoms with Gasteiger partial charge in [-0.1, -0.05) is 142 Å². The quantitative estimate of drug-likeness (QED) is 0.0740. The Kier molecular flexibility index (Phi) is 24.0. The minimum absolute atomic E-state index is 0.0641. The van der Waals surface area contributed by atoms with Crippen LogP contribution in [0.1, 0.15) is 168 Å². The van der Waals surface area contributed by atoms with Crippen molar-refractivity contribution >= 4 is 11.6 Å². The molecule has 0 aromatic carbocycles. The van der Waals surface area contributed by atoms with Crippen molar-refractivity contribution in [3.05, 3.63) is 0 Å². The van der Waals surface area contributed by atoms with E-state index >= 15 is 0 Å². The van der Waals surface area contributed by atoms with Crippen LogP contribution < -0.4 is 0 Å². The van der Waals surface area contributed by atoms with Crippen LogP contribution in [0.3, 0.4) is 0 Å². The SMILES string of the molecule is CCCCCCCCCCCCCC(=O)C(O)(C(=O)CCCCCCCCCCCCC)C(O)CO. The number of carbonyl (C=O) groups is 2. The van der Waals surface area contributed by atoms with E-state index in [1.807, 2.05) is 0 Å². The van der Waals surface area contributed by atoms with E-state index in [1.54, 1.807) is 0 Å². The number of carbonyl (C=O) groups excluding carboxylic acids is 2. The topological polar surface area (TPSA) is 94.8 Å². The summed E-state index contributed by atoms with van der Waals surface area (Å²) in [5.74, 6) is -1.29. The Hall–Kier alpha value is -0.780. The number of aliphatic hydroxyl groups excluding tert-OH is 2. The van der Waals surface area contributed by atoms with Crippen LogP contribution in [0.5, 0.6) is 0 Å². The van der Waals surface area contributed by atoms with Gasteiger partial charge in [0.25, 0.3) is 0 Å². The van der Waals surface area contributed by atoms with Crippen molar-refractivity contribution in [2.24, 2.45) is 0 Å². The predicted octanol–water partition coefficient (Wildman–Crippen LogP) is 7.61. The zero-order valence-electron chi connectivity index (χ0n) is 23.9. The molecule has 5 nitrogen and oxygen atoms in total. The van der Waals surface area contributed by atoms with Gasteiger partial charge in [-0.05, 0) is 12.8 Å². The molecule has 0 rings (SSSR count). The fourth-order valence-corrected chi connectivity index (χ4v) is 4.94. The molecule has 0 saturated heterocycles. The average molecular weight is 513 g/mol. The molecule has 0 amide bonds. The van der Waals surface area contributed by atoms with Crippen molar-refractivity contribution in [1.29, 1.82) is 0 Å². The average Bonchev–Trinajstić information content (AvgIpc) is 2.88. The van der Waals surface area contributed by atoms with Gasteiger partial charge >= 0.3 is 0 Å². The van der Waals surface area contributed by atoms with Crippen LogP contribution in [0.25, 0.3) is 0 Å². The van der Waals surface area contributed by atoms with E-state index in [0.717, 1.165) is 38.5 Å². The van der Waals surface area contributed by atoms with Crippen molar-refractivity contribution in [2.45, 2.75) is 180 Å². The molecule has 0 radical (unpaired) electrons. The molecule has 5 heteroatoms. The van der Waals surface area contributed by atoms with Crippen LogP contribution in [0.15, 0.2) is 0 Å². The molecule has 214 valence electrons. The number of unbranched alkanes of at least 4 members (excludes halogenated alkanes) is 20. The Bertz CT molecular complexity index is 481. The van der Waals surface area contributed by atoms with Gasteiger partial charge in [-0.2, -0.15) is 0 Å². The Morgan fingerprint density at radius 3 is 1.03 bits per heavy atom. The molecule has 1 atom stereocenters. The van der Waals surface area contributed by atoms with Gasteiger partial charge in [-0.15, -0.1) is 0 Å². The highest BCUT2D eigenvalue weighted by atomic mass is 16.4. The lowest BCUT2D eigenvalue weighted by atomic mass is 9.82. The zero-order chi connectivity index (χ0) is 26.9. The molecule has 0 spiro atoms. The summed E-state index contributed by atoms with van der Waals surface area (Å²) in [4.78, 5) is 25.5. The molecule has 1 unspecified atom stereocenters. The molecule has 0 aromatic heterocycles. The molecule has 0 fully saturated rings. The molecular formula is C31H60O5. The van der Waals surface area contributed by atoms with Crippen LogP contribution >= 0.6 is 0 Å². The molecule has 0 saturated carbocycles. The first-order valence-electron chi connectivity index (χ1n) is 15.5. The number of Topliss-reactive ketones (excluding diaryl/α,β-unsaturated/α-hetero) is 2. The van der Waals surface area contributed by atoms with Gasteiger partial charge in [0.1, 0.15) is 6.10 Å². The number of rotatable bonds is 28. The third-order valence-electron chi connectivity index (χ3n) is 7.52. The second-order valence-electron chi connectivity index (χ2n) is 10.9. The van der Waals surface area contributed by atoms with Gasteiger partial charge in [0.05, 0.1) is 6.61 Å². The van der Waals surface area contributed by atoms with Crippen LogP contribution in [-0.2, 0) is 9.59 Å². The number of ketones is 2. The maximum Gasteiger partial charge on any atom is 0.209 e. The fraction of sp³-hybridized carbons (Fsp3) is 0.935. The van der Waals surface area contributed by atoms with E-state index in [0.29, 0.717) is 12.8 Å². The first-order valence-corrected chi connectivity index (χ1v) is 15.5. The highest BCUT2D eigenvalue weighted by Gasteiger charge is 2.48. The summed E-state index contributed by atoms with van der Waals surface area (Å²) >= 11 is 0. The highest BCUT2D eigenvalue weighted by molar-refractivity contribution is 6.10. The first kappa shape index (κ1) is 35.2. The molecule has 0 aliphatic heterocycles. The lowest BCUT2D eigenvalue weighted by Gasteiger charge is -2.29. The van der Waals surface area contributed by atoms with Gasteiger partial charge in [0.15, 0.2) is 11.6 Å². The molecular weight excluding hydrogens is 452 g/mol. The highest BCUT2D eigenvalue weighted by Crippen LogP contribution is 2.22. The summed E-state index contributed by atoms with van der Waals surface area (Å²) in [7, 11) is 0. The normalized spacial score (nSPS) is 12.7. The summed E-state index contributed by atoms with van der Waals surface area (Å²) in [5, 5.41) is 30.3. The first-order chi connectivity index (χ1) is 17.4. The van der Waals surface area contributed by atoms with Gasteiger partial charge in [-0.3, -0.25) is 9.59 Å². The van der Waals surface area contributed by atoms with E-state index in [-0.39, 0.29) is 12.8 Å². The van der Waals surface area contributed by atoms with E-state index in [2.05, 4.69) is 13.8 Å². The van der Waals surface area contributed by atoms with E-state index < -0.39 is 29.9 Å². The summed E-state index contributed by atoms with van der Waals surface area (Å²) in [6.07, 6.45) is 23.7. The second-order valence-corrected chi connectivity index (χ2v) is 10.9. The fourth-order valence-electron chi connectivity index (χ4n) is 4.94. The van der Waals surface area contributed by atoms with Crippen molar-refractivity contribution in [3.63, 3.8) is 0 Å². The molecule has 0 aliphatic rings. The molecule has 0 aromatic rings. The van der Waals surface area contributed by atoms with Crippen LogP contribution in [0.4, 0.5) is 0 Å². The molecule has 36 heavy (non-hydrogen) atoms. The van der Waals surface area contributed by atoms with E-state index in [1.165, 1.54) is 89.9 Å². The van der Waals surface area contributed by atoms with E-state index in [4.69, 9.17) is 0 Å². The monoisotopic (exact) mass is 512 g/mol. The van der Waals surface area contributed by atoms with Crippen molar-refractivity contribution < 1.29 is 24.9 Å². The van der Waals surface area contributed by atoms with Crippen LogP contribution in [0, 0.1) is 0 Å². The summed E-state index contributed by atoms with van der Waals surface area (Å²) < 4.78 is 0. The zero-order valence-corrected chi connectivity index (χ0v) is 23.9. The minimum atomic E-state index is -2.47. The van der Waals surface area contributed by atoms with Crippen molar-refractivity contribution in [2.75, 3.05) is 6.61 Å². The Labute approximate surface area is 222 Å². The summed E-state index contributed by atoms with van der Waals surface area (Å²) in [6, 6.07) is 0. The maximum atomic E-state index is 12.7. The number of hydrogen-bond donors (Lipinski definition) is 3. The van der Waals surface area contributed by atoms with Crippen LogP contribution in [-0.4, -0.2) is 45.2 Å². The third kappa shape index (κ3) is 16.9. The van der Waals surface area contributed by atoms with Crippen LogP contribution in [0.2, 0.25) is 0 Å². The molecule has 0 bridgehead atoms. The summed E-state index contributed by atoms with van der Waals surface area (Å²) in [5.41, 5.74) is -2.47. The second kappa shape index (κ2) is 24.6. The smallest absolute Gasteiger partial charge is 0.209 e. The van der Waals surface area contributed by atoms with Gasteiger partial charge in [0, 0.05) is 12.8 Å². The number of aliphatic hydroxyl groups is 3. The molecule has 3 N–H and O–H groups in total. The predicted molar refractivity (Wildman–Crippen MR) is 150 cm³/mol. The standard InChI is InChI=1S/C31H60O5/c1-3-5-7-9-11-13-15-17-19-21-23-25-28(33)31(36,30(35)27-32)29(34)26-24-22-20-18-16-14-12-10-8-6-4-2/h30,32,35-36H,3-27H2,1-2H3. The Balaban J connectivity index is 4.09. The third-order valence-corrected chi connectivity index (χ3v) is 7.52. The Morgan fingerprint density at radius 1 is 0.528 bits per heavy atom. The van der Waals surface area contributed by atoms with Gasteiger partial charge in [-0.25, -0.2) is 0 Å². The number of hydrogen-bond acceptors (Lipinski definition) is 5. The van der Waals surface area contributed by atoms with E-state index in [9.17, 15) is 24.9 Å². The van der Waals surface area contributed by atoms with Gasteiger partial charge < -0.3 is 15.3 Å². The minimum Gasteiger partial charge on any atom is -0.394 e. The summed E-state index contributed by atoms with van der Waals surface area (Å²) in [6.45, 7) is 3.65. The lowest BCUT2D eigenvalue weighted by molar-refractivity contribution is -0.166. The van der Waals surface area contributed by atoms with Crippen molar-refractivity contribution in [3.8, 4) is 0 Å². The largest absolute Gasteiger partial charge is 0.394 e. The Morgan fingerprint density at radius 2 is 0.778 bits per heavy atom. The van der Waals surface area contributed by atoms with Crippen molar-refractivity contribution in [1.82, 2.24) is 0 Å². The lowest BCUT2D eigenvalue weighted by Crippen LogP contribution is -2.57. The maximum absolute atomic E-state index is 12.7. The molecule has 0 heterocycles. The molecule has 0 aliphatic carbocycles.